The van der Waals surface area contributed by atoms with Gasteiger partial charge in [0.25, 0.3) is 0 Å². The van der Waals surface area contributed by atoms with Gasteiger partial charge in [-0.3, -0.25) is 0 Å². The SMILES string of the molecule is C=CCC1[C]CCC1. The molecule has 8 heavy (non-hydrogen) atoms. The van der Waals surface area contributed by atoms with Gasteiger partial charge in [0.05, 0.1) is 0 Å². The smallest absolute Gasteiger partial charge is 0.0136 e. The van der Waals surface area contributed by atoms with Crippen LogP contribution in [0.2, 0.25) is 0 Å². The molecule has 0 heteroatoms. The lowest BCUT2D eigenvalue weighted by atomic mass is 10.1. The van der Waals surface area contributed by atoms with Gasteiger partial charge in [-0.2, -0.15) is 0 Å². The number of hydrogen-bond acceptors (Lipinski definition) is 0. The van der Waals surface area contributed by atoms with Crippen LogP contribution >= 0.6 is 0 Å². The minimum atomic E-state index is 0.743. The highest BCUT2D eigenvalue weighted by molar-refractivity contribution is 4.87. The molecule has 0 aliphatic heterocycles. The van der Waals surface area contributed by atoms with Crippen LogP contribution in [-0.4, -0.2) is 0 Å². The van der Waals surface area contributed by atoms with Crippen LogP contribution in [0.1, 0.15) is 25.7 Å². The topological polar surface area (TPSA) is 0 Å². The third-order valence-electron chi connectivity index (χ3n) is 1.61. The molecule has 0 aromatic carbocycles. The summed E-state index contributed by atoms with van der Waals surface area (Å²) in [6, 6.07) is 0. The lowest BCUT2D eigenvalue weighted by molar-refractivity contribution is 0.634. The Kier molecular flexibility index (Phi) is 2.13. The summed E-state index contributed by atoms with van der Waals surface area (Å²) in [7, 11) is 0. The summed E-state index contributed by atoms with van der Waals surface area (Å²) in [5, 5.41) is 0. The Morgan fingerprint density at radius 2 is 2.62 bits per heavy atom. The van der Waals surface area contributed by atoms with Crippen LogP contribution in [0.15, 0.2) is 12.7 Å². The van der Waals surface area contributed by atoms with Crippen LogP contribution < -0.4 is 0 Å². The van der Waals surface area contributed by atoms with Crippen LogP contribution in [0.3, 0.4) is 0 Å². The van der Waals surface area contributed by atoms with E-state index in [1.165, 1.54) is 19.3 Å². The lowest BCUT2D eigenvalue weighted by Gasteiger charge is -2.00. The zero-order chi connectivity index (χ0) is 5.82. The highest BCUT2D eigenvalue weighted by atomic mass is 14.2. The first-order chi connectivity index (χ1) is 3.93. The van der Waals surface area contributed by atoms with Gasteiger partial charge in [0.1, 0.15) is 0 Å². The molecule has 1 atom stereocenters. The van der Waals surface area contributed by atoms with Crippen molar-refractivity contribution in [1.29, 1.82) is 0 Å². The average molecular weight is 108 g/mol. The van der Waals surface area contributed by atoms with Crippen molar-refractivity contribution in [3.8, 4) is 0 Å². The van der Waals surface area contributed by atoms with Crippen molar-refractivity contribution in [2.24, 2.45) is 5.92 Å². The maximum Gasteiger partial charge on any atom is -0.0136 e. The van der Waals surface area contributed by atoms with Crippen LogP contribution in [-0.2, 0) is 0 Å². The molecule has 0 aromatic rings. The highest BCUT2D eigenvalue weighted by Gasteiger charge is 2.12. The summed E-state index contributed by atoms with van der Waals surface area (Å²) >= 11 is 0. The fourth-order valence-corrected chi connectivity index (χ4v) is 1.16. The Labute approximate surface area is 51.6 Å². The molecule has 1 aliphatic rings. The summed E-state index contributed by atoms with van der Waals surface area (Å²) in [5.74, 6) is 0.743. The van der Waals surface area contributed by atoms with E-state index in [1.54, 1.807) is 0 Å². The third-order valence-corrected chi connectivity index (χ3v) is 1.61. The maximum atomic E-state index is 3.68. The van der Waals surface area contributed by atoms with Crippen LogP contribution in [0.4, 0.5) is 0 Å². The summed E-state index contributed by atoms with van der Waals surface area (Å²) in [6.45, 7) is 3.68. The Morgan fingerprint density at radius 3 is 3.12 bits per heavy atom. The normalized spacial score (nSPS) is 21.5. The molecule has 1 aliphatic carbocycles. The van der Waals surface area contributed by atoms with Crippen LogP contribution in [0.5, 0.6) is 0 Å². The van der Waals surface area contributed by atoms with E-state index in [4.69, 9.17) is 0 Å². The molecule has 1 fully saturated rings. The van der Waals surface area contributed by atoms with Crippen molar-refractivity contribution in [3.05, 3.63) is 19.1 Å². The predicted molar refractivity (Wildman–Crippen MR) is 35.4 cm³/mol. The highest BCUT2D eigenvalue weighted by Crippen LogP contribution is 2.26. The summed E-state index contributed by atoms with van der Waals surface area (Å²) < 4.78 is 0. The molecule has 0 amide bonds. The Bertz CT molecular complexity index is 68.1. The van der Waals surface area contributed by atoms with E-state index >= 15 is 0 Å². The van der Waals surface area contributed by atoms with Gasteiger partial charge in [-0.15, -0.1) is 6.58 Å². The first-order valence-corrected chi connectivity index (χ1v) is 3.28. The fraction of sp³-hybridized carbons (Fsp3) is 0.625. The van der Waals surface area contributed by atoms with Crippen molar-refractivity contribution < 1.29 is 0 Å². The molecule has 1 saturated carbocycles. The van der Waals surface area contributed by atoms with Gasteiger partial charge in [-0.25, -0.2) is 0 Å². The monoisotopic (exact) mass is 108 g/mol. The van der Waals surface area contributed by atoms with Gasteiger partial charge < -0.3 is 0 Å². The molecule has 0 bridgehead atoms. The third kappa shape index (κ3) is 1.36. The van der Waals surface area contributed by atoms with Gasteiger partial charge in [-0.1, -0.05) is 12.5 Å². The second kappa shape index (κ2) is 2.91. The quantitative estimate of drug-likeness (QED) is 0.476. The maximum absolute atomic E-state index is 3.68. The Hall–Kier alpha value is -0.260. The van der Waals surface area contributed by atoms with E-state index in [0.29, 0.717) is 0 Å². The average Bonchev–Trinajstić information content (AvgIpc) is 2.19. The summed E-state index contributed by atoms with van der Waals surface area (Å²) in [6.07, 6.45) is 10.4. The van der Waals surface area contributed by atoms with E-state index in [-0.39, 0.29) is 0 Å². The summed E-state index contributed by atoms with van der Waals surface area (Å²) in [5.41, 5.74) is 0. The Balaban J connectivity index is 2.14. The van der Waals surface area contributed by atoms with E-state index < -0.39 is 0 Å². The molecule has 0 nitrogen and oxygen atoms in total. The first kappa shape index (κ1) is 5.87. The van der Waals surface area contributed by atoms with Gasteiger partial charge in [-0.05, 0) is 31.6 Å². The molecule has 1 rings (SSSR count). The first-order valence-electron chi connectivity index (χ1n) is 3.28. The zero-order valence-electron chi connectivity index (χ0n) is 5.19. The van der Waals surface area contributed by atoms with Crippen molar-refractivity contribution in [2.45, 2.75) is 25.7 Å². The molecule has 0 saturated heterocycles. The van der Waals surface area contributed by atoms with E-state index in [9.17, 15) is 0 Å². The molecule has 0 heterocycles. The fourth-order valence-electron chi connectivity index (χ4n) is 1.16. The summed E-state index contributed by atoms with van der Waals surface area (Å²) in [4.78, 5) is 0. The second-order valence-corrected chi connectivity index (χ2v) is 2.32. The minimum Gasteiger partial charge on any atom is -0.103 e. The van der Waals surface area contributed by atoms with Gasteiger partial charge >= 0.3 is 0 Å². The van der Waals surface area contributed by atoms with Gasteiger partial charge in [0, 0.05) is 0 Å². The zero-order valence-corrected chi connectivity index (χ0v) is 5.19. The van der Waals surface area contributed by atoms with Crippen molar-refractivity contribution in [1.82, 2.24) is 0 Å². The van der Waals surface area contributed by atoms with E-state index in [2.05, 4.69) is 13.0 Å². The Morgan fingerprint density at radius 1 is 1.75 bits per heavy atom. The number of allylic oxidation sites excluding steroid dienone is 1. The lowest BCUT2D eigenvalue weighted by Crippen LogP contribution is -1.88. The number of hydrogen-bond donors (Lipinski definition) is 0. The largest absolute Gasteiger partial charge is 0.103 e. The van der Waals surface area contributed by atoms with Crippen molar-refractivity contribution >= 4 is 0 Å². The molecular weight excluding hydrogens is 96.1 g/mol. The second-order valence-electron chi connectivity index (χ2n) is 2.32. The van der Waals surface area contributed by atoms with Crippen LogP contribution in [0, 0.1) is 12.3 Å². The number of rotatable bonds is 2. The van der Waals surface area contributed by atoms with Crippen LogP contribution in [0.25, 0.3) is 0 Å². The molecular formula is C8H12. The molecule has 1 unspecified atom stereocenters. The van der Waals surface area contributed by atoms with E-state index in [0.717, 1.165) is 12.3 Å². The molecule has 44 valence electrons. The van der Waals surface area contributed by atoms with Crippen molar-refractivity contribution in [3.63, 3.8) is 0 Å². The molecule has 2 radical (unpaired) electrons. The van der Waals surface area contributed by atoms with Gasteiger partial charge in [0.15, 0.2) is 0 Å². The standard InChI is InChI=1S/C8H12/c1-2-5-8-6-3-4-7-8/h2,8H,1,3-6H2. The molecule has 0 spiro atoms. The minimum absolute atomic E-state index is 0.743. The van der Waals surface area contributed by atoms with E-state index in [1.807, 2.05) is 6.08 Å². The van der Waals surface area contributed by atoms with Gasteiger partial charge in [0.2, 0.25) is 0 Å². The predicted octanol–water partition coefficient (Wildman–Crippen LogP) is 2.44. The molecule has 0 N–H and O–H groups in total. The molecule has 0 aromatic heterocycles. The van der Waals surface area contributed by atoms with Crippen molar-refractivity contribution in [2.75, 3.05) is 0 Å².